The zero-order valence-corrected chi connectivity index (χ0v) is 11.6. The van der Waals surface area contributed by atoms with Crippen LogP contribution in [0.2, 0.25) is 0 Å². The van der Waals surface area contributed by atoms with Crippen molar-refractivity contribution in [3.05, 3.63) is 29.8 Å². The number of hydrogen-bond acceptors (Lipinski definition) is 3. The van der Waals surface area contributed by atoms with E-state index in [1.54, 1.807) is 0 Å². The predicted molar refractivity (Wildman–Crippen MR) is 76.2 cm³/mol. The average Bonchev–Trinajstić information content (AvgIpc) is 2.88. The van der Waals surface area contributed by atoms with Crippen molar-refractivity contribution in [2.24, 2.45) is 0 Å². The molecule has 1 aromatic carbocycles. The third kappa shape index (κ3) is 2.21. The predicted octanol–water partition coefficient (Wildman–Crippen LogP) is 1.39. The van der Waals surface area contributed by atoms with Gasteiger partial charge in [-0.3, -0.25) is 4.79 Å². The lowest BCUT2D eigenvalue weighted by Gasteiger charge is -2.35. The first-order chi connectivity index (χ1) is 9.16. The standard InChI is InChI=1S/C15H21N3O/c1-17(2)12-7-5-11(6-8-12)14-15(19)18-9-3-4-13(18)10-16-14/h5-8,13-14,16H,3-4,9-10H2,1-2H3. The Bertz CT molecular complexity index is 469. The molecule has 0 bridgehead atoms. The van der Waals surface area contributed by atoms with Crippen LogP contribution in [-0.4, -0.2) is 44.0 Å². The smallest absolute Gasteiger partial charge is 0.244 e. The van der Waals surface area contributed by atoms with Crippen LogP contribution in [0.1, 0.15) is 24.4 Å². The van der Waals surface area contributed by atoms with Crippen molar-refractivity contribution < 1.29 is 4.79 Å². The molecule has 0 aliphatic carbocycles. The molecule has 4 nitrogen and oxygen atoms in total. The molecule has 2 unspecified atom stereocenters. The summed E-state index contributed by atoms with van der Waals surface area (Å²) in [5, 5.41) is 3.40. The Morgan fingerprint density at radius 2 is 2.00 bits per heavy atom. The van der Waals surface area contributed by atoms with Crippen molar-refractivity contribution in [1.82, 2.24) is 10.2 Å². The highest BCUT2D eigenvalue weighted by Crippen LogP contribution is 2.28. The molecule has 19 heavy (non-hydrogen) atoms. The minimum absolute atomic E-state index is 0.162. The molecule has 3 rings (SSSR count). The molecule has 1 aromatic rings. The molecule has 1 N–H and O–H groups in total. The molecule has 2 aliphatic rings. The van der Waals surface area contributed by atoms with E-state index < -0.39 is 0 Å². The second-order valence-corrected chi connectivity index (χ2v) is 5.65. The van der Waals surface area contributed by atoms with E-state index in [2.05, 4.69) is 39.4 Å². The minimum Gasteiger partial charge on any atom is -0.378 e. The Hall–Kier alpha value is -1.55. The summed E-state index contributed by atoms with van der Waals surface area (Å²) in [5.74, 6) is 0.242. The van der Waals surface area contributed by atoms with Crippen LogP contribution in [-0.2, 0) is 4.79 Å². The van der Waals surface area contributed by atoms with E-state index in [-0.39, 0.29) is 11.9 Å². The summed E-state index contributed by atoms with van der Waals surface area (Å²) >= 11 is 0. The number of carbonyl (C=O) groups excluding carboxylic acids is 1. The summed E-state index contributed by atoms with van der Waals surface area (Å²) in [6.07, 6.45) is 2.29. The maximum atomic E-state index is 12.5. The Balaban J connectivity index is 1.80. The van der Waals surface area contributed by atoms with Crippen molar-refractivity contribution in [2.45, 2.75) is 24.9 Å². The highest BCUT2D eigenvalue weighted by molar-refractivity contribution is 5.84. The number of fused-ring (bicyclic) bond motifs is 1. The lowest BCUT2D eigenvalue weighted by Crippen LogP contribution is -2.53. The molecule has 0 saturated carbocycles. The van der Waals surface area contributed by atoms with E-state index in [4.69, 9.17) is 0 Å². The fraction of sp³-hybridized carbons (Fsp3) is 0.533. The van der Waals surface area contributed by atoms with Crippen LogP contribution in [0.25, 0.3) is 0 Å². The molecule has 2 fully saturated rings. The first kappa shape index (κ1) is 12.5. The molecule has 102 valence electrons. The highest BCUT2D eigenvalue weighted by atomic mass is 16.2. The highest BCUT2D eigenvalue weighted by Gasteiger charge is 2.38. The second kappa shape index (κ2) is 4.85. The average molecular weight is 259 g/mol. The fourth-order valence-corrected chi connectivity index (χ4v) is 3.07. The number of piperazine rings is 1. The molecular formula is C15H21N3O. The quantitative estimate of drug-likeness (QED) is 0.872. The van der Waals surface area contributed by atoms with E-state index in [1.165, 1.54) is 0 Å². The topological polar surface area (TPSA) is 35.6 Å². The van der Waals surface area contributed by atoms with Gasteiger partial charge in [-0.25, -0.2) is 0 Å². The van der Waals surface area contributed by atoms with E-state index in [0.29, 0.717) is 6.04 Å². The number of amides is 1. The van der Waals surface area contributed by atoms with Gasteiger partial charge in [0.05, 0.1) is 0 Å². The lowest BCUT2D eigenvalue weighted by molar-refractivity contribution is -0.137. The van der Waals surface area contributed by atoms with Gasteiger partial charge in [0.2, 0.25) is 5.91 Å². The van der Waals surface area contributed by atoms with Crippen molar-refractivity contribution >= 4 is 11.6 Å². The first-order valence-electron chi connectivity index (χ1n) is 6.98. The number of hydrogen-bond donors (Lipinski definition) is 1. The van der Waals surface area contributed by atoms with Crippen molar-refractivity contribution in [3.63, 3.8) is 0 Å². The molecule has 0 spiro atoms. The van der Waals surface area contributed by atoms with Crippen LogP contribution in [0.5, 0.6) is 0 Å². The summed E-state index contributed by atoms with van der Waals surface area (Å²) in [7, 11) is 4.04. The first-order valence-corrected chi connectivity index (χ1v) is 6.98. The normalized spacial score (nSPS) is 26.4. The summed E-state index contributed by atoms with van der Waals surface area (Å²) in [4.78, 5) is 16.6. The van der Waals surface area contributed by atoms with Gasteiger partial charge in [-0.2, -0.15) is 0 Å². The van der Waals surface area contributed by atoms with Gasteiger partial charge >= 0.3 is 0 Å². The van der Waals surface area contributed by atoms with E-state index in [1.807, 2.05) is 14.1 Å². The zero-order valence-electron chi connectivity index (χ0n) is 11.6. The van der Waals surface area contributed by atoms with Gasteiger partial charge in [-0.05, 0) is 30.5 Å². The zero-order chi connectivity index (χ0) is 13.4. The number of rotatable bonds is 2. The summed E-state index contributed by atoms with van der Waals surface area (Å²) in [6, 6.07) is 8.51. The van der Waals surface area contributed by atoms with E-state index >= 15 is 0 Å². The van der Waals surface area contributed by atoms with Crippen LogP contribution in [0, 0.1) is 0 Å². The maximum Gasteiger partial charge on any atom is 0.244 e. The fourth-order valence-electron chi connectivity index (χ4n) is 3.07. The third-order valence-electron chi connectivity index (χ3n) is 4.21. The van der Waals surface area contributed by atoms with Gasteiger partial charge in [0.15, 0.2) is 0 Å². The molecular weight excluding hydrogens is 238 g/mol. The van der Waals surface area contributed by atoms with Gasteiger partial charge in [0, 0.05) is 38.9 Å². The second-order valence-electron chi connectivity index (χ2n) is 5.65. The number of benzene rings is 1. The van der Waals surface area contributed by atoms with Crippen LogP contribution in [0.3, 0.4) is 0 Å². The number of carbonyl (C=O) groups is 1. The number of nitrogens with one attached hydrogen (secondary N) is 1. The molecule has 2 heterocycles. The van der Waals surface area contributed by atoms with Gasteiger partial charge in [0.1, 0.15) is 6.04 Å². The Labute approximate surface area is 114 Å². The minimum atomic E-state index is -0.162. The van der Waals surface area contributed by atoms with Crippen LogP contribution in [0.4, 0.5) is 5.69 Å². The molecule has 4 heteroatoms. The van der Waals surface area contributed by atoms with Crippen LogP contribution in [0.15, 0.2) is 24.3 Å². The van der Waals surface area contributed by atoms with Gasteiger partial charge in [-0.15, -0.1) is 0 Å². The summed E-state index contributed by atoms with van der Waals surface area (Å²) in [5.41, 5.74) is 2.23. The largest absolute Gasteiger partial charge is 0.378 e. The van der Waals surface area contributed by atoms with Crippen LogP contribution >= 0.6 is 0 Å². The summed E-state index contributed by atoms with van der Waals surface area (Å²) in [6.45, 7) is 1.85. The molecule has 2 aliphatic heterocycles. The van der Waals surface area contributed by atoms with Gasteiger partial charge < -0.3 is 15.1 Å². The number of anilines is 1. The maximum absolute atomic E-state index is 12.5. The summed E-state index contributed by atoms with van der Waals surface area (Å²) < 4.78 is 0. The van der Waals surface area contributed by atoms with E-state index in [0.717, 1.165) is 37.2 Å². The van der Waals surface area contributed by atoms with Crippen molar-refractivity contribution in [2.75, 3.05) is 32.1 Å². The molecule has 2 saturated heterocycles. The van der Waals surface area contributed by atoms with Gasteiger partial charge in [0.25, 0.3) is 0 Å². The Morgan fingerprint density at radius 3 is 2.68 bits per heavy atom. The number of nitrogens with zero attached hydrogens (tertiary/aromatic N) is 2. The molecule has 0 aromatic heterocycles. The van der Waals surface area contributed by atoms with Crippen molar-refractivity contribution in [1.29, 1.82) is 0 Å². The molecule has 1 amide bonds. The third-order valence-corrected chi connectivity index (χ3v) is 4.21. The SMILES string of the molecule is CN(C)c1ccc(C2NCC3CCCN3C2=O)cc1. The molecule has 2 atom stereocenters. The lowest BCUT2D eigenvalue weighted by atomic mass is 10.0. The van der Waals surface area contributed by atoms with Crippen LogP contribution < -0.4 is 10.2 Å². The van der Waals surface area contributed by atoms with Gasteiger partial charge in [-0.1, -0.05) is 12.1 Å². The Kier molecular flexibility index (Phi) is 3.19. The molecule has 0 radical (unpaired) electrons. The van der Waals surface area contributed by atoms with Crippen molar-refractivity contribution in [3.8, 4) is 0 Å². The Morgan fingerprint density at radius 1 is 1.26 bits per heavy atom. The monoisotopic (exact) mass is 259 g/mol. The van der Waals surface area contributed by atoms with E-state index in [9.17, 15) is 4.79 Å².